The molecule has 0 saturated carbocycles. The first kappa shape index (κ1) is 20.8. The van der Waals surface area contributed by atoms with Gasteiger partial charge in [-0.15, -0.1) is 11.3 Å². The van der Waals surface area contributed by atoms with Gasteiger partial charge in [0.25, 0.3) is 0 Å². The third-order valence-electron chi connectivity index (χ3n) is 4.97. The lowest BCUT2D eigenvalue weighted by Crippen LogP contribution is -2.07. The first-order valence-corrected chi connectivity index (χ1v) is 12.3. The predicted octanol–water partition coefficient (Wildman–Crippen LogP) is 3.92. The molecule has 0 amide bonds. The van der Waals surface area contributed by atoms with Crippen LogP contribution in [-0.2, 0) is 27.7 Å². The van der Waals surface area contributed by atoms with E-state index in [0.29, 0.717) is 24.6 Å². The highest BCUT2D eigenvalue weighted by atomic mass is 32.2. The van der Waals surface area contributed by atoms with Gasteiger partial charge in [0.1, 0.15) is 4.83 Å². The molecule has 4 rings (SSSR count). The monoisotopic (exact) mass is 444 g/mol. The van der Waals surface area contributed by atoms with Gasteiger partial charge in [0.05, 0.1) is 28.3 Å². The van der Waals surface area contributed by atoms with Crippen LogP contribution in [0.25, 0.3) is 20.4 Å². The molecule has 1 N–H and O–H groups in total. The predicted molar refractivity (Wildman–Crippen MR) is 121 cm³/mol. The molecule has 0 atom stereocenters. The molecule has 0 radical (unpaired) electrons. The second-order valence-corrected chi connectivity index (χ2v) is 10.4. The van der Waals surface area contributed by atoms with Crippen molar-refractivity contribution in [2.24, 2.45) is 0 Å². The standard InChI is InChI=1S/C21H24N4O3S2/c1-13-11-14(2)23-21-17(13)18-19(29-21)20(24-25(18)9-10-28-3)22-12-15-5-7-16(8-6-15)30(4,26)27/h5-8,11H,9-10,12H2,1-4H3,(H,22,24). The Balaban J connectivity index is 1.71. The first-order valence-electron chi connectivity index (χ1n) is 9.57. The fourth-order valence-corrected chi connectivity index (χ4v) is 5.43. The van der Waals surface area contributed by atoms with Crippen molar-refractivity contribution in [2.45, 2.75) is 31.8 Å². The van der Waals surface area contributed by atoms with E-state index in [1.54, 1.807) is 30.6 Å². The number of pyridine rings is 1. The summed E-state index contributed by atoms with van der Waals surface area (Å²) in [4.78, 5) is 6.05. The summed E-state index contributed by atoms with van der Waals surface area (Å²) < 4.78 is 31.6. The Bertz CT molecular complexity index is 1320. The maximum Gasteiger partial charge on any atom is 0.175 e. The van der Waals surface area contributed by atoms with Crippen molar-refractivity contribution in [3.8, 4) is 0 Å². The van der Waals surface area contributed by atoms with Gasteiger partial charge in [-0.05, 0) is 43.2 Å². The number of fused-ring (bicyclic) bond motifs is 3. The summed E-state index contributed by atoms with van der Waals surface area (Å²) in [7, 11) is -1.51. The number of hydrogen-bond donors (Lipinski definition) is 1. The molecule has 0 fully saturated rings. The number of nitrogens with one attached hydrogen (secondary N) is 1. The number of thiophene rings is 1. The summed E-state index contributed by atoms with van der Waals surface area (Å²) in [6.45, 7) is 5.87. The van der Waals surface area contributed by atoms with E-state index < -0.39 is 9.84 Å². The van der Waals surface area contributed by atoms with Crippen molar-refractivity contribution in [2.75, 3.05) is 25.3 Å². The molecule has 1 aromatic carbocycles. The van der Waals surface area contributed by atoms with Crippen LogP contribution >= 0.6 is 11.3 Å². The van der Waals surface area contributed by atoms with Crippen molar-refractivity contribution in [1.82, 2.24) is 14.8 Å². The lowest BCUT2D eigenvalue weighted by Gasteiger charge is -2.06. The summed E-state index contributed by atoms with van der Waals surface area (Å²) >= 11 is 1.63. The fourth-order valence-electron chi connectivity index (χ4n) is 3.54. The number of ether oxygens (including phenoxy) is 1. The van der Waals surface area contributed by atoms with Crippen LogP contribution in [0.15, 0.2) is 35.2 Å². The van der Waals surface area contributed by atoms with Crippen LogP contribution in [0.4, 0.5) is 5.82 Å². The number of sulfone groups is 1. The van der Waals surface area contributed by atoms with Gasteiger partial charge < -0.3 is 10.1 Å². The second-order valence-electron chi connectivity index (χ2n) is 7.37. The van der Waals surface area contributed by atoms with Gasteiger partial charge in [0.15, 0.2) is 15.7 Å². The number of rotatable bonds is 7. The fraction of sp³-hybridized carbons (Fsp3) is 0.333. The molecule has 0 unspecified atom stereocenters. The minimum Gasteiger partial charge on any atom is -0.383 e. The van der Waals surface area contributed by atoms with Gasteiger partial charge in [0, 0.05) is 31.0 Å². The topological polar surface area (TPSA) is 86.1 Å². The van der Waals surface area contributed by atoms with E-state index in [0.717, 1.165) is 37.5 Å². The zero-order valence-electron chi connectivity index (χ0n) is 17.4. The van der Waals surface area contributed by atoms with E-state index in [1.165, 1.54) is 11.8 Å². The van der Waals surface area contributed by atoms with E-state index >= 15 is 0 Å². The molecule has 0 saturated heterocycles. The van der Waals surface area contributed by atoms with Crippen molar-refractivity contribution in [3.63, 3.8) is 0 Å². The molecule has 3 heterocycles. The smallest absolute Gasteiger partial charge is 0.175 e. The third kappa shape index (κ3) is 3.92. The maximum atomic E-state index is 11.7. The molecule has 158 valence electrons. The molecule has 30 heavy (non-hydrogen) atoms. The van der Waals surface area contributed by atoms with Gasteiger partial charge >= 0.3 is 0 Å². The molecule has 0 aliphatic heterocycles. The summed E-state index contributed by atoms with van der Waals surface area (Å²) in [5.41, 5.74) is 4.24. The van der Waals surface area contributed by atoms with Gasteiger partial charge in [-0.1, -0.05) is 12.1 Å². The summed E-state index contributed by atoms with van der Waals surface area (Å²) in [5, 5.41) is 9.33. The quantitative estimate of drug-likeness (QED) is 0.465. The average molecular weight is 445 g/mol. The van der Waals surface area contributed by atoms with Crippen LogP contribution in [-0.4, -0.2) is 43.2 Å². The lowest BCUT2D eigenvalue weighted by molar-refractivity contribution is 0.185. The molecule has 7 nitrogen and oxygen atoms in total. The first-order chi connectivity index (χ1) is 14.3. The highest BCUT2D eigenvalue weighted by molar-refractivity contribution is 7.90. The SMILES string of the molecule is COCCn1nc(NCc2ccc(S(C)(=O)=O)cc2)c2sc3nc(C)cc(C)c3c21. The van der Waals surface area contributed by atoms with Gasteiger partial charge in [0.2, 0.25) is 0 Å². The maximum absolute atomic E-state index is 11.7. The van der Waals surface area contributed by atoms with E-state index in [2.05, 4.69) is 18.3 Å². The van der Waals surface area contributed by atoms with Crippen molar-refractivity contribution < 1.29 is 13.2 Å². The molecule has 0 aliphatic rings. The van der Waals surface area contributed by atoms with Crippen LogP contribution in [0, 0.1) is 13.8 Å². The highest BCUT2D eigenvalue weighted by Crippen LogP contribution is 2.39. The van der Waals surface area contributed by atoms with Crippen LogP contribution in [0.3, 0.4) is 0 Å². The van der Waals surface area contributed by atoms with E-state index in [4.69, 9.17) is 14.8 Å². The Morgan fingerprint density at radius 3 is 2.60 bits per heavy atom. The third-order valence-corrected chi connectivity index (χ3v) is 7.18. The van der Waals surface area contributed by atoms with Crippen molar-refractivity contribution in [1.29, 1.82) is 0 Å². The molecular formula is C21H24N4O3S2. The Kier molecular flexibility index (Phi) is 5.52. The number of benzene rings is 1. The Morgan fingerprint density at radius 2 is 1.93 bits per heavy atom. The summed E-state index contributed by atoms with van der Waals surface area (Å²) in [6.07, 6.45) is 1.21. The Labute approximate surface area is 179 Å². The second kappa shape index (κ2) is 7.98. The normalized spacial score (nSPS) is 12.1. The van der Waals surface area contributed by atoms with Crippen LogP contribution < -0.4 is 5.32 Å². The highest BCUT2D eigenvalue weighted by Gasteiger charge is 2.19. The van der Waals surface area contributed by atoms with E-state index in [1.807, 2.05) is 23.7 Å². The molecule has 3 aromatic heterocycles. The Morgan fingerprint density at radius 1 is 1.20 bits per heavy atom. The molecular weight excluding hydrogens is 420 g/mol. The molecule has 4 aromatic rings. The lowest BCUT2D eigenvalue weighted by atomic mass is 10.1. The number of aryl methyl sites for hydroxylation is 2. The van der Waals surface area contributed by atoms with Gasteiger partial charge in [-0.25, -0.2) is 13.4 Å². The van der Waals surface area contributed by atoms with Crippen LogP contribution in [0.5, 0.6) is 0 Å². The van der Waals surface area contributed by atoms with Crippen LogP contribution in [0.2, 0.25) is 0 Å². The molecule has 9 heteroatoms. The van der Waals surface area contributed by atoms with Crippen LogP contribution in [0.1, 0.15) is 16.8 Å². The zero-order valence-corrected chi connectivity index (χ0v) is 19.0. The average Bonchev–Trinajstić information content (AvgIpc) is 3.21. The number of nitrogens with zero attached hydrogens (tertiary/aromatic N) is 3. The van der Waals surface area contributed by atoms with E-state index in [-0.39, 0.29) is 0 Å². The molecule has 0 aliphatic carbocycles. The summed E-state index contributed by atoms with van der Waals surface area (Å²) in [6, 6.07) is 9.01. The minimum absolute atomic E-state index is 0.318. The molecule has 0 spiro atoms. The van der Waals surface area contributed by atoms with Gasteiger partial charge in [-0.2, -0.15) is 5.10 Å². The minimum atomic E-state index is -3.20. The van der Waals surface area contributed by atoms with Crippen molar-refractivity contribution >= 4 is 47.4 Å². The summed E-state index contributed by atoms with van der Waals surface area (Å²) in [5.74, 6) is 0.799. The zero-order chi connectivity index (χ0) is 21.5. The number of aromatic nitrogens is 3. The number of methoxy groups -OCH3 is 1. The number of anilines is 1. The Hall–Kier alpha value is -2.49. The van der Waals surface area contributed by atoms with Crippen molar-refractivity contribution in [3.05, 3.63) is 47.2 Å². The van der Waals surface area contributed by atoms with E-state index in [9.17, 15) is 8.42 Å². The van der Waals surface area contributed by atoms with Gasteiger partial charge in [-0.3, -0.25) is 4.68 Å². The largest absolute Gasteiger partial charge is 0.383 e. The molecule has 0 bridgehead atoms. The number of hydrogen-bond acceptors (Lipinski definition) is 7.